The predicted octanol–water partition coefficient (Wildman–Crippen LogP) is 2.87. The fourth-order valence-corrected chi connectivity index (χ4v) is 2.48. The van der Waals surface area contributed by atoms with E-state index in [1.54, 1.807) is 0 Å². The average molecular weight is 257 g/mol. The third kappa shape index (κ3) is 8.06. The molecule has 0 aromatic carbocycles. The smallest absolute Gasteiger partial charge is 0.0897 e. The fraction of sp³-hybridized carbons (Fsp3) is 1.00. The summed E-state index contributed by atoms with van der Waals surface area (Å²) < 4.78 is 5.75. The first-order chi connectivity index (χ1) is 8.83. The maximum absolute atomic E-state index is 9.80. The van der Waals surface area contributed by atoms with Crippen LogP contribution in [0.15, 0.2) is 0 Å². The predicted molar refractivity (Wildman–Crippen MR) is 75.8 cm³/mol. The van der Waals surface area contributed by atoms with Crippen molar-refractivity contribution in [2.45, 2.75) is 76.9 Å². The van der Waals surface area contributed by atoms with E-state index in [9.17, 15) is 5.11 Å². The quantitative estimate of drug-likeness (QED) is 0.591. The van der Waals surface area contributed by atoms with Crippen LogP contribution in [-0.2, 0) is 4.74 Å². The van der Waals surface area contributed by atoms with Gasteiger partial charge in [0.25, 0.3) is 0 Å². The third-order valence-electron chi connectivity index (χ3n) is 3.66. The highest BCUT2D eigenvalue weighted by Gasteiger charge is 2.15. The second-order valence-corrected chi connectivity index (χ2v) is 5.51. The molecule has 0 aromatic heterocycles. The summed E-state index contributed by atoms with van der Waals surface area (Å²) in [6.45, 7) is 4.39. The van der Waals surface area contributed by atoms with Crippen LogP contribution in [0, 0.1) is 0 Å². The zero-order chi connectivity index (χ0) is 13.1. The Balaban J connectivity index is 1.88. The first-order valence-corrected chi connectivity index (χ1v) is 7.83. The third-order valence-corrected chi connectivity index (χ3v) is 3.66. The number of aliphatic hydroxyl groups is 1. The maximum Gasteiger partial charge on any atom is 0.0897 e. The molecule has 1 atom stereocenters. The lowest BCUT2D eigenvalue weighted by atomic mass is 9.98. The molecular formula is C15H31NO2. The van der Waals surface area contributed by atoms with Crippen LogP contribution < -0.4 is 5.32 Å². The van der Waals surface area contributed by atoms with Crippen LogP contribution in [0.5, 0.6) is 0 Å². The van der Waals surface area contributed by atoms with E-state index in [1.807, 2.05) is 0 Å². The van der Waals surface area contributed by atoms with Gasteiger partial charge in [-0.15, -0.1) is 0 Å². The van der Waals surface area contributed by atoms with E-state index >= 15 is 0 Å². The highest BCUT2D eigenvalue weighted by molar-refractivity contribution is 4.67. The number of rotatable bonds is 10. The van der Waals surface area contributed by atoms with Gasteiger partial charge in [-0.3, -0.25) is 0 Å². The lowest BCUT2D eigenvalue weighted by Crippen LogP contribution is -2.33. The van der Waals surface area contributed by atoms with Gasteiger partial charge in [0.15, 0.2) is 0 Å². The van der Waals surface area contributed by atoms with Crippen molar-refractivity contribution in [1.29, 1.82) is 0 Å². The first kappa shape index (κ1) is 15.9. The molecule has 0 radical (unpaired) electrons. The first-order valence-electron chi connectivity index (χ1n) is 7.83. The number of hydrogen-bond acceptors (Lipinski definition) is 3. The largest absolute Gasteiger partial charge is 0.389 e. The Hall–Kier alpha value is -0.120. The maximum atomic E-state index is 9.80. The standard InChI is InChI=1S/C15H31NO2/c1-2-3-4-8-11-16-12-14(17)13-18-15-9-6-5-7-10-15/h14-17H,2-13H2,1H3. The van der Waals surface area contributed by atoms with Gasteiger partial charge in [-0.25, -0.2) is 0 Å². The van der Waals surface area contributed by atoms with E-state index in [-0.39, 0.29) is 6.10 Å². The highest BCUT2D eigenvalue weighted by atomic mass is 16.5. The van der Waals surface area contributed by atoms with Crippen molar-refractivity contribution in [3.05, 3.63) is 0 Å². The minimum Gasteiger partial charge on any atom is -0.389 e. The van der Waals surface area contributed by atoms with E-state index in [1.165, 1.54) is 57.8 Å². The van der Waals surface area contributed by atoms with Gasteiger partial charge in [0, 0.05) is 6.54 Å². The van der Waals surface area contributed by atoms with Gasteiger partial charge in [-0.05, 0) is 25.8 Å². The minimum atomic E-state index is -0.349. The molecule has 1 saturated carbocycles. The summed E-state index contributed by atoms with van der Waals surface area (Å²) >= 11 is 0. The minimum absolute atomic E-state index is 0.349. The lowest BCUT2D eigenvalue weighted by Gasteiger charge is -2.23. The number of unbranched alkanes of at least 4 members (excludes halogenated alkanes) is 3. The number of nitrogens with one attached hydrogen (secondary N) is 1. The molecule has 0 saturated heterocycles. The Morgan fingerprint density at radius 2 is 1.94 bits per heavy atom. The van der Waals surface area contributed by atoms with Gasteiger partial charge >= 0.3 is 0 Å². The second kappa shape index (κ2) is 10.8. The van der Waals surface area contributed by atoms with Crippen LogP contribution in [0.1, 0.15) is 64.7 Å². The van der Waals surface area contributed by atoms with Crippen LogP contribution in [0.2, 0.25) is 0 Å². The monoisotopic (exact) mass is 257 g/mol. The molecule has 0 heterocycles. The molecule has 3 nitrogen and oxygen atoms in total. The van der Waals surface area contributed by atoms with Crippen molar-refractivity contribution in [1.82, 2.24) is 5.32 Å². The summed E-state index contributed by atoms with van der Waals surface area (Å²) in [6, 6.07) is 0. The topological polar surface area (TPSA) is 41.5 Å². The van der Waals surface area contributed by atoms with Crippen LogP contribution >= 0.6 is 0 Å². The van der Waals surface area contributed by atoms with Crippen molar-refractivity contribution in [2.75, 3.05) is 19.7 Å². The van der Waals surface area contributed by atoms with Gasteiger partial charge in [0.2, 0.25) is 0 Å². The summed E-state index contributed by atoms with van der Waals surface area (Å²) in [6.07, 6.45) is 11.4. The Morgan fingerprint density at radius 3 is 2.67 bits per heavy atom. The van der Waals surface area contributed by atoms with Crippen molar-refractivity contribution >= 4 is 0 Å². The molecule has 0 aliphatic heterocycles. The molecule has 2 N–H and O–H groups in total. The number of ether oxygens (including phenoxy) is 1. The molecule has 0 aromatic rings. The van der Waals surface area contributed by atoms with Crippen LogP contribution in [0.25, 0.3) is 0 Å². The zero-order valence-corrected chi connectivity index (χ0v) is 12.0. The van der Waals surface area contributed by atoms with Crippen molar-refractivity contribution in [2.24, 2.45) is 0 Å². The average Bonchev–Trinajstić information content (AvgIpc) is 2.41. The fourth-order valence-electron chi connectivity index (χ4n) is 2.48. The van der Waals surface area contributed by atoms with E-state index < -0.39 is 0 Å². The molecule has 0 spiro atoms. The SMILES string of the molecule is CCCCCCNCC(O)COC1CCCCC1. The summed E-state index contributed by atoms with van der Waals surface area (Å²) in [5.41, 5.74) is 0. The molecule has 1 aliphatic carbocycles. The molecule has 3 heteroatoms. The summed E-state index contributed by atoms with van der Waals surface area (Å²) in [5.74, 6) is 0. The molecule has 1 rings (SSSR count). The van der Waals surface area contributed by atoms with Gasteiger partial charge in [0.05, 0.1) is 18.8 Å². The Morgan fingerprint density at radius 1 is 1.17 bits per heavy atom. The lowest BCUT2D eigenvalue weighted by molar-refractivity contribution is -0.0229. The van der Waals surface area contributed by atoms with Crippen molar-refractivity contribution in [3.8, 4) is 0 Å². The van der Waals surface area contributed by atoms with Crippen LogP contribution in [0.4, 0.5) is 0 Å². The Kier molecular flexibility index (Phi) is 9.54. The zero-order valence-electron chi connectivity index (χ0n) is 12.0. The van der Waals surface area contributed by atoms with E-state index in [0.717, 1.165) is 6.54 Å². The summed E-state index contributed by atoms with van der Waals surface area (Å²) in [7, 11) is 0. The van der Waals surface area contributed by atoms with E-state index in [0.29, 0.717) is 19.3 Å². The number of hydrogen-bond donors (Lipinski definition) is 2. The molecule has 0 amide bonds. The van der Waals surface area contributed by atoms with E-state index in [2.05, 4.69) is 12.2 Å². The molecule has 1 fully saturated rings. The van der Waals surface area contributed by atoms with Crippen LogP contribution in [0.3, 0.4) is 0 Å². The second-order valence-electron chi connectivity index (χ2n) is 5.51. The summed E-state index contributed by atoms with van der Waals surface area (Å²) in [5, 5.41) is 13.1. The molecule has 18 heavy (non-hydrogen) atoms. The van der Waals surface area contributed by atoms with Gasteiger partial charge < -0.3 is 15.2 Å². The van der Waals surface area contributed by atoms with Gasteiger partial charge in [-0.2, -0.15) is 0 Å². The van der Waals surface area contributed by atoms with E-state index in [4.69, 9.17) is 4.74 Å². The molecule has 1 aliphatic rings. The Bertz CT molecular complexity index is 181. The molecule has 0 bridgehead atoms. The Labute approximate surface area is 112 Å². The number of aliphatic hydroxyl groups excluding tert-OH is 1. The van der Waals surface area contributed by atoms with Gasteiger partial charge in [-0.1, -0.05) is 45.4 Å². The summed E-state index contributed by atoms with van der Waals surface area (Å²) in [4.78, 5) is 0. The molecular weight excluding hydrogens is 226 g/mol. The highest BCUT2D eigenvalue weighted by Crippen LogP contribution is 2.20. The molecule has 1 unspecified atom stereocenters. The van der Waals surface area contributed by atoms with Crippen molar-refractivity contribution < 1.29 is 9.84 Å². The molecule has 108 valence electrons. The van der Waals surface area contributed by atoms with Crippen LogP contribution in [-0.4, -0.2) is 37.0 Å². The van der Waals surface area contributed by atoms with Crippen molar-refractivity contribution in [3.63, 3.8) is 0 Å². The normalized spacial score (nSPS) is 19.0. The van der Waals surface area contributed by atoms with Gasteiger partial charge in [0.1, 0.15) is 0 Å².